The van der Waals surface area contributed by atoms with E-state index >= 15 is 0 Å². The SMILES string of the molecule is N.O=P(O)(O)O.[K].[K]. The van der Waals surface area contributed by atoms with E-state index in [1.165, 1.54) is 0 Å². The first-order valence-corrected chi connectivity index (χ1v) is 2.35. The van der Waals surface area contributed by atoms with Crippen molar-refractivity contribution in [2.75, 3.05) is 0 Å². The van der Waals surface area contributed by atoms with Gasteiger partial charge in [-0.3, -0.25) is 0 Å². The van der Waals surface area contributed by atoms with E-state index in [0.29, 0.717) is 0 Å². The zero-order valence-corrected chi connectivity index (χ0v) is 12.0. The molecule has 0 heterocycles. The van der Waals surface area contributed by atoms with Crippen molar-refractivity contribution in [1.82, 2.24) is 6.15 Å². The van der Waals surface area contributed by atoms with Gasteiger partial charge >= 0.3 is 7.82 Å². The fraction of sp³-hybridized carbons (Fsp3) is 0. The summed E-state index contributed by atoms with van der Waals surface area (Å²) in [6.07, 6.45) is 0. The first-order chi connectivity index (χ1) is 2.00. The van der Waals surface area contributed by atoms with Gasteiger partial charge in [0.2, 0.25) is 0 Å². The van der Waals surface area contributed by atoms with Crippen LogP contribution >= 0.6 is 7.82 Å². The molecule has 0 unspecified atom stereocenters. The fourth-order valence-electron chi connectivity index (χ4n) is 0. The van der Waals surface area contributed by atoms with Gasteiger partial charge in [0.25, 0.3) is 0 Å². The smallest absolute Gasteiger partial charge is 0.344 e. The third-order valence-corrected chi connectivity index (χ3v) is 0. The molecule has 0 aliphatic rings. The second-order valence-corrected chi connectivity index (χ2v) is 1.54. The van der Waals surface area contributed by atoms with E-state index in [-0.39, 0.29) is 109 Å². The molecule has 0 saturated carbocycles. The van der Waals surface area contributed by atoms with Crippen LogP contribution in [0.5, 0.6) is 0 Å². The molecule has 0 aliphatic carbocycles. The van der Waals surface area contributed by atoms with E-state index in [2.05, 4.69) is 0 Å². The predicted molar refractivity (Wildman–Crippen MR) is 30.8 cm³/mol. The summed E-state index contributed by atoms with van der Waals surface area (Å²) < 4.78 is 8.88. The Bertz CT molecular complexity index is 60.2. The normalized spacial score (nSPS) is 7.38. The van der Waals surface area contributed by atoms with E-state index in [1.54, 1.807) is 0 Å². The van der Waals surface area contributed by atoms with Crippen LogP contribution in [0.1, 0.15) is 0 Å². The molecule has 0 atom stereocenters. The molecular formula is H6K2NO4P. The van der Waals surface area contributed by atoms with Gasteiger partial charge in [-0.05, 0) is 0 Å². The molecule has 0 aromatic heterocycles. The van der Waals surface area contributed by atoms with Crippen LogP contribution in [-0.2, 0) is 4.57 Å². The summed E-state index contributed by atoms with van der Waals surface area (Å²) in [7, 11) is -4.64. The summed E-state index contributed by atoms with van der Waals surface area (Å²) >= 11 is 0. The molecule has 5 nitrogen and oxygen atoms in total. The molecule has 0 fully saturated rings. The van der Waals surface area contributed by atoms with Gasteiger partial charge in [0.1, 0.15) is 0 Å². The largest absolute Gasteiger partial charge is 0.466 e. The molecule has 0 rings (SSSR count). The average Bonchev–Trinajstić information content (AvgIpc) is 0.722. The van der Waals surface area contributed by atoms with Crippen LogP contribution in [0.3, 0.4) is 0 Å². The Hall–Kier alpha value is 3.34. The van der Waals surface area contributed by atoms with Gasteiger partial charge in [0.05, 0.1) is 0 Å². The Balaban J connectivity index is -0.0000000267. The molecule has 42 valence electrons. The zero-order chi connectivity index (χ0) is 4.50. The molecule has 0 bridgehead atoms. The van der Waals surface area contributed by atoms with Gasteiger partial charge in [-0.25, -0.2) is 4.57 Å². The summed E-state index contributed by atoms with van der Waals surface area (Å²) in [4.78, 5) is 21.6. The van der Waals surface area contributed by atoms with Crippen LogP contribution < -0.4 is 6.15 Å². The fourth-order valence-corrected chi connectivity index (χ4v) is 0. The number of phosphoric acid groups is 1. The van der Waals surface area contributed by atoms with Crippen LogP contribution in [0.2, 0.25) is 0 Å². The van der Waals surface area contributed by atoms with Crippen molar-refractivity contribution in [2.24, 2.45) is 0 Å². The van der Waals surface area contributed by atoms with E-state index in [4.69, 9.17) is 19.2 Å². The predicted octanol–water partition coefficient (Wildman–Crippen LogP) is -1.53. The molecule has 8 heavy (non-hydrogen) atoms. The number of rotatable bonds is 0. The first kappa shape index (κ1) is 22.5. The molecule has 0 saturated heterocycles. The van der Waals surface area contributed by atoms with E-state index in [0.717, 1.165) is 0 Å². The van der Waals surface area contributed by atoms with Crippen molar-refractivity contribution in [3.63, 3.8) is 0 Å². The third-order valence-electron chi connectivity index (χ3n) is 0. The van der Waals surface area contributed by atoms with Gasteiger partial charge < -0.3 is 20.8 Å². The minimum Gasteiger partial charge on any atom is -0.344 e. The van der Waals surface area contributed by atoms with Crippen molar-refractivity contribution in [1.29, 1.82) is 0 Å². The van der Waals surface area contributed by atoms with E-state index < -0.39 is 7.82 Å². The maximum Gasteiger partial charge on any atom is 0.466 e. The molecule has 0 aromatic carbocycles. The maximum atomic E-state index is 8.88. The Labute approximate surface area is 132 Å². The average molecular weight is 193 g/mol. The van der Waals surface area contributed by atoms with Crippen molar-refractivity contribution in [3.05, 3.63) is 0 Å². The zero-order valence-electron chi connectivity index (χ0n) is 4.90. The molecule has 2 radical (unpaired) electrons. The summed E-state index contributed by atoms with van der Waals surface area (Å²) in [6.45, 7) is 0. The minimum absolute atomic E-state index is 0. The van der Waals surface area contributed by atoms with Crippen LogP contribution in [0.15, 0.2) is 0 Å². The summed E-state index contributed by atoms with van der Waals surface area (Å²) in [6, 6.07) is 0. The minimum atomic E-state index is -4.64. The Morgan fingerprint density at radius 1 is 1.00 bits per heavy atom. The van der Waals surface area contributed by atoms with Gasteiger partial charge in [0, 0.05) is 103 Å². The van der Waals surface area contributed by atoms with E-state index in [9.17, 15) is 0 Å². The summed E-state index contributed by atoms with van der Waals surface area (Å²) in [5, 5.41) is 0. The van der Waals surface area contributed by atoms with Crippen molar-refractivity contribution in [2.45, 2.75) is 0 Å². The summed E-state index contributed by atoms with van der Waals surface area (Å²) in [5.74, 6) is 0. The third kappa shape index (κ3) is 58.2. The standard InChI is InChI=1S/2K.H3N.H3O4P/c;;;1-5(2,3)4/h;;1H3;(H3,1,2,3,4). The van der Waals surface area contributed by atoms with Gasteiger partial charge in [-0.15, -0.1) is 0 Å². The molecule has 8 heteroatoms. The summed E-state index contributed by atoms with van der Waals surface area (Å²) in [5.41, 5.74) is 0. The van der Waals surface area contributed by atoms with E-state index in [1.807, 2.05) is 0 Å². The monoisotopic (exact) mass is 193 g/mol. The molecule has 0 spiro atoms. The quantitative estimate of drug-likeness (QED) is 0.275. The topological polar surface area (TPSA) is 113 Å². The van der Waals surface area contributed by atoms with Gasteiger partial charge in [-0.1, -0.05) is 0 Å². The Kier molecular flexibility index (Phi) is 29.1. The number of hydrogen-bond donors (Lipinski definition) is 4. The molecule has 0 aliphatic heterocycles. The first-order valence-electron chi connectivity index (χ1n) is 0.783. The number of hydrogen-bond acceptors (Lipinski definition) is 2. The second-order valence-electron chi connectivity index (χ2n) is 0.513. The van der Waals surface area contributed by atoms with Crippen LogP contribution in [0, 0.1) is 0 Å². The van der Waals surface area contributed by atoms with Gasteiger partial charge in [-0.2, -0.15) is 0 Å². The Morgan fingerprint density at radius 2 is 1.00 bits per heavy atom. The molecule has 6 N–H and O–H groups in total. The second kappa shape index (κ2) is 10.3. The Morgan fingerprint density at radius 3 is 1.00 bits per heavy atom. The molecule has 0 aromatic rings. The molecule has 0 amide bonds. The van der Waals surface area contributed by atoms with Crippen LogP contribution in [-0.4, -0.2) is 117 Å². The van der Waals surface area contributed by atoms with Crippen molar-refractivity contribution in [3.8, 4) is 0 Å². The van der Waals surface area contributed by atoms with Crippen molar-refractivity contribution < 1.29 is 19.2 Å². The van der Waals surface area contributed by atoms with Gasteiger partial charge in [0.15, 0.2) is 0 Å². The maximum absolute atomic E-state index is 8.88. The van der Waals surface area contributed by atoms with Crippen molar-refractivity contribution >= 4 is 111 Å². The molecular weight excluding hydrogens is 187 g/mol. The van der Waals surface area contributed by atoms with Crippen LogP contribution in [0.4, 0.5) is 0 Å². The van der Waals surface area contributed by atoms with Crippen LogP contribution in [0.25, 0.3) is 0 Å².